The molecule has 0 atom stereocenters. The molecule has 0 aliphatic carbocycles. The van der Waals surface area contributed by atoms with Crippen LogP contribution in [0.5, 0.6) is 0 Å². The molecule has 0 amide bonds. The van der Waals surface area contributed by atoms with Crippen molar-refractivity contribution >= 4 is 11.3 Å². The molecule has 4 heteroatoms. The average Bonchev–Trinajstić information content (AvgIpc) is 2.95. The average molecular weight is 278 g/mol. The molecule has 2 aromatic heterocycles. The first kappa shape index (κ1) is 14.3. The Balaban J connectivity index is 2.09. The minimum absolute atomic E-state index is 0.123. The van der Waals surface area contributed by atoms with Crippen LogP contribution in [0, 0.1) is 0 Å². The van der Waals surface area contributed by atoms with E-state index in [0.717, 1.165) is 30.3 Å². The van der Waals surface area contributed by atoms with Gasteiger partial charge in [0.1, 0.15) is 5.76 Å². The maximum atomic E-state index is 5.53. The van der Waals surface area contributed by atoms with E-state index in [2.05, 4.69) is 38.4 Å². The second kappa shape index (κ2) is 5.88. The van der Waals surface area contributed by atoms with Gasteiger partial charge in [-0.05, 0) is 12.6 Å². The summed E-state index contributed by atoms with van der Waals surface area (Å²) in [6, 6.07) is 2.05. The zero-order chi connectivity index (χ0) is 13.9. The van der Waals surface area contributed by atoms with Crippen LogP contribution in [0.4, 0.5) is 0 Å². The Labute approximate surface area is 119 Å². The van der Waals surface area contributed by atoms with E-state index in [1.807, 2.05) is 6.07 Å². The first-order valence-corrected chi connectivity index (χ1v) is 7.59. The fraction of sp³-hybridized carbons (Fsp3) is 0.533. The molecule has 3 nitrogen and oxygen atoms in total. The van der Waals surface area contributed by atoms with E-state index in [4.69, 9.17) is 9.40 Å². The lowest BCUT2D eigenvalue weighted by atomic mass is 9.93. The van der Waals surface area contributed by atoms with E-state index < -0.39 is 0 Å². The normalized spacial score (nSPS) is 12.0. The van der Waals surface area contributed by atoms with Gasteiger partial charge in [0.15, 0.2) is 0 Å². The summed E-state index contributed by atoms with van der Waals surface area (Å²) in [6.07, 6.45) is 2.62. The Hall–Kier alpha value is -1.13. The van der Waals surface area contributed by atoms with Crippen LogP contribution in [0.3, 0.4) is 0 Å². The van der Waals surface area contributed by atoms with Crippen LogP contribution in [0.2, 0.25) is 0 Å². The fourth-order valence-electron chi connectivity index (χ4n) is 1.82. The summed E-state index contributed by atoms with van der Waals surface area (Å²) in [5.74, 6) is 1.02. The highest BCUT2D eigenvalue weighted by molar-refractivity contribution is 7.09. The molecule has 19 heavy (non-hydrogen) atoms. The number of nitrogens with zero attached hydrogens (tertiary/aromatic N) is 1. The van der Waals surface area contributed by atoms with Crippen LogP contribution in [-0.2, 0) is 18.4 Å². The predicted molar refractivity (Wildman–Crippen MR) is 79.7 cm³/mol. The van der Waals surface area contributed by atoms with Gasteiger partial charge in [-0.1, -0.05) is 27.7 Å². The lowest BCUT2D eigenvalue weighted by molar-refractivity contribution is 0.483. The summed E-state index contributed by atoms with van der Waals surface area (Å²) in [5, 5.41) is 6.62. The summed E-state index contributed by atoms with van der Waals surface area (Å²) in [6.45, 7) is 10.4. The van der Waals surface area contributed by atoms with Gasteiger partial charge in [-0.25, -0.2) is 4.98 Å². The molecule has 0 bridgehead atoms. The van der Waals surface area contributed by atoms with E-state index in [-0.39, 0.29) is 5.41 Å². The van der Waals surface area contributed by atoms with Crippen molar-refractivity contribution in [1.82, 2.24) is 10.3 Å². The second-order valence-electron chi connectivity index (χ2n) is 5.70. The minimum Gasteiger partial charge on any atom is -0.468 e. The van der Waals surface area contributed by atoms with Crippen LogP contribution in [0.15, 0.2) is 22.1 Å². The number of hydrogen-bond donors (Lipinski definition) is 1. The van der Waals surface area contributed by atoms with Gasteiger partial charge < -0.3 is 9.73 Å². The van der Waals surface area contributed by atoms with E-state index in [1.54, 1.807) is 17.6 Å². The predicted octanol–water partition coefficient (Wildman–Crippen LogP) is 3.73. The smallest absolute Gasteiger partial charge is 0.121 e. The molecule has 0 saturated carbocycles. The molecule has 0 spiro atoms. The highest BCUT2D eigenvalue weighted by Gasteiger charge is 2.18. The zero-order valence-corrected chi connectivity index (χ0v) is 12.9. The highest BCUT2D eigenvalue weighted by Crippen LogP contribution is 2.25. The number of rotatable bonds is 5. The number of hydrogen-bond acceptors (Lipinski definition) is 4. The fourth-order valence-corrected chi connectivity index (χ4v) is 2.86. The van der Waals surface area contributed by atoms with E-state index in [1.165, 1.54) is 11.3 Å². The molecule has 0 aliphatic rings. The van der Waals surface area contributed by atoms with Crippen LogP contribution in [0.25, 0.3) is 0 Å². The Morgan fingerprint density at radius 2 is 2.16 bits per heavy atom. The van der Waals surface area contributed by atoms with E-state index in [9.17, 15) is 0 Å². The molecular weight excluding hydrogens is 256 g/mol. The van der Waals surface area contributed by atoms with Crippen molar-refractivity contribution in [2.45, 2.75) is 46.1 Å². The van der Waals surface area contributed by atoms with Crippen molar-refractivity contribution < 1.29 is 4.42 Å². The SMILES string of the molecule is CCNCc1occc1Cc1nc(C(C)(C)C)cs1. The summed E-state index contributed by atoms with van der Waals surface area (Å²) in [4.78, 5) is 4.73. The molecule has 2 rings (SSSR count). The van der Waals surface area contributed by atoms with Gasteiger partial charge in [0.2, 0.25) is 0 Å². The Morgan fingerprint density at radius 1 is 1.37 bits per heavy atom. The van der Waals surface area contributed by atoms with Crippen molar-refractivity contribution in [3.8, 4) is 0 Å². The zero-order valence-electron chi connectivity index (χ0n) is 12.1. The topological polar surface area (TPSA) is 38.1 Å². The van der Waals surface area contributed by atoms with Gasteiger partial charge in [0, 0.05) is 22.8 Å². The molecule has 0 aliphatic heterocycles. The maximum Gasteiger partial charge on any atom is 0.121 e. The summed E-state index contributed by atoms with van der Waals surface area (Å²) >= 11 is 1.73. The number of furan rings is 1. The van der Waals surface area contributed by atoms with Gasteiger partial charge in [-0.2, -0.15) is 0 Å². The summed E-state index contributed by atoms with van der Waals surface area (Å²) < 4.78 is 5.53. The lowest BCUT2D eigenvalue weighted by Crippen LogP contribution is -2.13. The van der Waals surface area contributed by atoms with Crippen molar-refractivity contribution in [3.05, 3.63) is 39.7 Å². The third kappa shape index (κ3) is 3.67. The molecule has 0 radical (unpaired) electrons. The number of aromatic nitrogens is 1. The quantitative estimate of drug-likeness (QED) is 0.905. The maximum absolute atomic E-state index is 5.53. The molecular formula is C15H22N2OS. The lowest BCUT2D eigenvalue weighted by Gasteiger charge is -2.14. The highest BCUT2D eigenvalue weighted by atomic mass is 32.1. The molecule has 0 fully saturated rings. The summed E-state index contributed by atoms with van der Waals surface area (Å²) in [7, 11) is 0. The van der Waals surface area contributed by atoms with E-state index in [0.29, 0.717) is 0 Å². The van der Waals surface area contributed by atoms with Crippen LogP contribution < -0.4 is 5.32 Å². The number of nitrogens with one attached hydrogen (secondary N) is 1. The van der Waals surface area contributed by atoms with Gasteiger partial charge in [-0.15, -0.1) is 11.3 Å². The van der Waals surface area contributed by atoms with Crippen molar-refractivity contribution in [2.24, 2.45) is 0 Å². The Kier molecular flexibility index (Phi) is 4.42. The Morgan fingerprint density at radius 3 is 2.79 bits per heavy atom. The van der Waals surface area contributed by atoms with Crippen molar-refractivity contribution in [1.29, 1.82) is 0 Å². The monoisotopic (exact) mass is 278 g/mol. The van der Waals surface area contributed by atoms with Crippen molar-refractivity contribution in [3.63, 3.8) is 0 Å². The van der Waals surface area contributed by atoms with Crippen LogP contribution in [-0.4, -0.2) is 11.5 Å². The standard InChI is InChI=1S/C15H22N2OS/c1-5-16-9-12-11(6-7-18-12)8-14-17-13(10-19-14)15(2,3)4/h6-7,10,16H,5,8-9H2,1-4H3. The molecule has 1 N–H and O–H groups in total. The first-order chi connectivity index (χ1) is 9.00. The van der Waals surface area contributed by atoms with Crippen LogP contribution >= 0.6 is 11.3 Å². The van der Waals surface area contributed by atoms with Gasteiger partial charge >= 0.3 is 0 Å². The van der Waals surface area contributed by atoms with Gasteiger partial charge in [0.05, 0.1) is 23.5 Å². The molecule has 0 unspecified atom stereocenters. The second-order valence-corrected chi connectivity index (χ2v) is 6.65. The van der Waals surface area contributed by atoms with Crippen LogP contribution in [0.1, 0.15) is 49.7 Å². The molecule has 0 aromatic carbocycles. The first-order valence-electron chi connectivity index (χ1n) is 6.71. The third-order valence-corrected chi connectivity index (χ3v) is 3.88. The van der Waals surface area contributed by atoms with Gasteiger partial charge in [-0.3, -0.25) is 0 Å². The molecule has 2 heterocycles. The van der Waals surface area contributed by atoms with E-state index >= 15 is 0 Å². The number of thiazole rings is 1. The molecule has 104 valence electrons. The van der Waals surface area contributed by atoms with Crippen molar-refractivity contribution in [2.75, 3.05) is 6.54 Å². The third-order valence-electron chi connectivity index (χ3n) is 3.04. The molecule has 0 saturated heterocycles. The summed E-state index contributed by atoms with van der Waals surface area (Å²) in [5.41, 5.74) is 2.53. The largest absolute Gasteiger partial charge is 0.468 e. The molecule has 2 aromatic rings. The minimum atomic E-state index is 0.123. The van der Waals surface area contributed by atoms with Gasteiger partial charge in [0.25, 0.3) is 0 Å². The Bertz CT molecular complexity index is 522.